The van der Waals surface area contributed by atoms with Gasteiger partial charge in [-0.2, -0.15) is 0 Å². The van der Waals surface area contributed by atoms with E-state index in [1.54, 1.807) is 23.3 Å². The quantitative estimate of drug-likeness (QED) is 0.870. The second kappa shape index (κ2) is 7.97. The van der Waals surface area contributed by atoms with E-state index < -0.39 is 0 Å². The Morgan fingerprint density at radius 3 is 2.76 bits per heavy atom. The molecule has 0 bridgehead atoms. The predicted molar refractivity (Wildman–Crippen MR) is 87.6 cm³/mol. The second-order valence-electron chi connectivity index (χ2n) is 4.49. The highest BCUT2D eigenvalue weighted by atomic mass is 35.5. The van der Waals surface area contributed by atoms with Crippen molar-refractivity contribution in [3.63, 3.8) is 0 Å². The summed E-state index contributed by atoms with van der Waals surface area (Å²) in [5, 5.41) is 5.71. The van der Waals surface area contributed by atoms with Crippen LogP contribution in [0.1, 0.15) is 5.56 Å². The number of likely N-dealkylation sites (N-methyl/N-ethyl adjacent to an activating group) is 1. The highest BCUT2D eigenvalue weighted by Crippen LogP contribution is 2.26. The molecule has 2 aromatic rings. The van der Waals surface area contributed by atoms with Gasteiger partial charge >= 0.3 is 0 Å². The Morgan fingerprint density at radius 2 is 2.05 bits per heavy atom. The molecule has 0 aliphatic heterocycles. The average molecular weight is 328 g/mol. The number of fused-ring (bicyclic) bond motifs is 1. The topological polar surface area (TPSA) is 75.4 Å². The Balaban J connectivity index is 0.00000220. The molecule has 5 nitrogen and oxygen atoms in total. The summed E-state index contributed by atoms with van der Waals surface area (Å²) in [7, 11) is 1.73. The molecule has 2 amide bonds. The maximum Gasteiger partial charge on any atom is 0.242 e. The Labute approximate surface area is 133 Å². The molecule has 0 fully saturated rings. The van der Waals surface area contributed by atoms with Crippen LogP contribution in [0.3, 0.4) is 0 Å². The lowest BCUT2D eigenvalue weighted by Gasteiger charge is -2.17. The molecule has 0 spiro atoms. The lowest BCUT2D eigenvalue weighted by molar-refractivity contribution is -0.131. The molecule has 1 aromatic heterocycles. The molecular formula is C14H18ClN3O2S. The van der Waals surface area contributed by atoms with Crippen LogP contribution in [0.2, 0.25) is 0 Å². The van der Waals surface area contributed by atoms with Gasteiger partial charge in [0.2, 0.25) is 11.8 Å². The van der Waals surface area contributed by atoms with Crippen LogP contribution < -0.4 is 11.1 Å². The van der Waals surface area contributed by atoms with E-state index in [-0.39, 0.29) is 37.3 Å². The van der Waals surface area contributed by atoms with E-state index in [0.29, 0.717) is 6.54 Å². The minimum absolute atomic E-state index is 0. The summed E-state index contributed by atoms with van der Waals surface area (Å²) >= 11 is 1.67. The van der Waals surface area contributed by atoms with Crippen molar-refractivity contribution in [2.75, 3.05) is 20.1 Å². The number of halogens is 1. The van der Waals surface area contributed by atoms with Crippen LogP contribution in [-0.2, 0) is 16.1 Å². The summed E-state index contributed by atoms with van der Waals surface area (Å²) < 4.78 is 1.21. The van der Waals surface area contributed by atoms with Gasteiger partial charge in [-0.05, 0) is 22.4 Å². The van der Waals surface area contributed by atoms with E-state index in [1.165, 1.54) is 10.1 Å². The number of carbonyl (C=O) groups is 2. The molecule has 1 heterocycles. The number of hydrogen-bond donors (Lipinski definition) is 2. The number of carbonyl (C=O) groups excluding carboxylic acids is 2. The zero-order valence-corrected chi connectivity index (χ0v) is 13.3. The van der Waals surface area contributed by atoms with Gasteiger partial charge in [-0.25, -0.2) is 0 Å². The lowest BCUT2D eigenvalue weighted by Crippen LogP contribution is -2.40. The van der Waals surface area contributed by atoms with Gasteiger partial charge in [-0.1, -0.05) is 18.2 Å². The molecule has 114 valence electrons. The summed E-state index contributed by atoms with van der Waals surface area (Å²) in [5.74, 6) is -0.463. The number of nitrogens with two attached hydrogens (primary N) is 1. The Morgan fingerprint density at radius 1 is 1.33 bits per heavy atom. The van der Waals surface area contributed by atoms with Gasteiger partial charge in [0.05, 0.1) is 13.1 Å². The van der Waals surface area contributed by atoms with Crippen LogP contribution in [0.5, 0.6) is 0 Å². The maximum absolute atomic E-state index is 11.9. The van der Waals surface area contributed by atoms with Gasteiger partial charge < -0.3 is 16.0 Å². The van der Waals surface area contributed by atoms with Crippen molar-refractivity contribution in [3.05, 3.63) is 35.2 Å². The predicted octanol–water partition coefficient (Wildman–Crippen LogP) is 1.36. The fourth-order valence-corrected chi connectivity index (χ4v) is 2.83. The molecule has 0 saturated carbocycles. The van der Waals surface area contributed by atoms with Crippen LogP contribution in [0.25, 0.3) is 10.1 Å². The number of nitrogens with one attached hydrogen (secondary N) is 1. The summed E-state index contributed by atoms with van der Waals surface area (Å²) in [6.45, 7) is 0.405. The molecule has 0 saturated heterocycles. The molecule has 0 aliphatic rings. The molecule has 3 N–H and O–H groups in total. The van der Waals surface area contributed by atoms with Crippen molar-refractivity contribution >= 4 is 45.6 Å². The van der Waals surface area contributed by atoms with Crippen molar-refractivity contribution in [2.45, 2.75) is 6.54 Å². The number of thiophene rings is 1. The van der Waals surface area contributed by atoms with E-state index in [4.69, 9.17) is 5.73 Å². The second-order valence-corrected chi connectivity index (χ2v) is 5.40. The third-order valence-electron chi connectivity index (χ3n) is 3.02. The van der Waals surface area contributed by atoms with E-state index in [2.05, 4.69) is 22.8 Å². The highest BCUT2D eigenvalue weighted by molar-refractivity contribution is 7.17. The van der Waals surface area contributed by atoms with E-state index in [1.807, 2.05) is 12.1 Å². The monoisotopic (exact) mass is 327 g/mol. The fourth-order valence-electron chi connectivity index (χ4n) is 1.88. The molecule has 21 heavy (non-hydrogen) atoms. The maximum atomic E-state index is 11.9. The minimum Gasteiger partial charge on any atom is -0.346 e. The van der Waals surface area contributed by atoms with Gasteiger partial charge in [0.15, 0.2) is 0 Å². The Bertz CT molecular complexity index is 629. The first-order valence-electron chi connectivity index (χ1n) is 6.27. The average Bonchev–Trinajstić information content (AvgIpc) is 2.87. The third-order valence-corrected chi connectivity index (χ3v) is 4.03. The van der Waals surface area contributed by atoms with Crippen LogP contribution in [0, 0.1) is 0 Å². The molecule has 0 unspecified atom stereocenters. The molecule has 7 heteroatoms. The van der Waals surface area contributed by atoms with E-state index >= 15 is 0 Å². The van der Waals surface area contributed by atoms with Crippen molar-refractivity contribution in [3.8, 4) is 0 Å². The summed E-state index contributed by atoms with van der Waals surface area (Å²) in [6, 6.07) is 8.10. The summed E-state index contributed by atoms with van der Waals surface area (Å²) in [4.78, 5) is 24.5. The Kier molecular flexibility index (Phi) is 6.61. The van der Waals surface area contributed by atoms with Crippen LogP contribution in [0.4, 0.5) is 0 Å². The van der Waals surface area contributed by atoms with Crippen molar-refractivity contribution in [1.29, 1.82) is 0 Å². The number of rotatable bonds is 5. The van der Waals surface area contributed by atoms with E-state index in [0.717, 1.165) is 5.56 Å². The first-order chi connectivity index (χ1) is 9.61. The first kappa shape index (κ1) is 17.4. The zero-order valence-electron chi connectivity index (χ0n) is 11.7. The fraction of sp³-hybridized carbons (Fsp3) is 0.286. The third kappa shape index (κ3) is 4.42. The van der Waals surface area contributed by atoms with Gasteiger partial charge in [-0.3, -0.25) is 9.59 Å². The van der Waals surface area contributed by atoms with Crippen molar-refractivity contribution < 1.29 is 9.59 Å². The van der Waals surface area contributed by atoms with Gasteiger partial charge in [0.1, 0.15) is 0 Å². The lowest BCUT2D eigenvalue weighted by atomic mass is 10.2. The van der Waals surface area contributed by atoms with Gasteiger partial charge in [0.25, 0.3) is 0 Å². The smallest absolute Gasteiger partial charge is 0.242 e. The molecule has 0 atom stereocenters. The highest BCUT2D eigenvalue weighted by Gasteiger charge is 2.12. The Hall–Kier alpha value is -1.63. The first-order valence-corrected chi connectivity index (χ1v) is 7.15. The molecule has 1 aromatic carbocycles. The standard InChI is InChI=1S/C14H17N3O2S.ClH/c1-17(14(19)7-16-13(18)6-15)8-10-9-20-12-5-3-2-4-11(10)12;/h2-5,9H,6-8,15H2,1H3,(H,16,18);1H. The van der Waals surface area contributed by atoms with Gasteiger partial charge in [-0.15, -0.1) is 23.7 Å². The van der Waals surface area contributed by atoms with E-state index in [9.17, 15) is 9.59 Å². The molecular weight excluding hydrogens is 310 g/mol. The SMILES string of the molecule is CN(Cc1csc2ccccc12)C(=O)CNC(=O)CN.Cl. The van der Waals surface area contributed by atoms with Crippen LogP contribution in [-0.4, -0.2) is 36.9 Å². The number of amides is 2. The minimum atomic E-state index is -0.326. The number of nitrogens with zero attached hydrogens (tertiary/aromatic N) is 1. The zero-order chi connectivity index (χ0) is 14.5. The molecule has 0 radical (unpaired) electrons. The number of hydrogen-bond acceptors (Lipinski definition) is 4. The van der Waals surface area contributed by atoms with Crippen LogP contribution in [0.15, 0.2) is 29.6 Å². The van der Waals surface area contributed by atoms with Crippen LogP contribution >= 0.6 is 23.7 Å². The van der Waals surface area contributed by atoms with Gasteiger partial charge in [0, 0.05) is 18.3 Å². The van der Waals surface area contributed by atoms with Crippen molar-refractivity contribution in [1.82, 2.24) is 10.2 Å². The normalized spacial score (nSPS) is 10.0. The molecule has 2 rings (SSSR count). The summed E-state index contributed by atoms with van der Waals surface area (Å²) in [6.07, 6.45) is 0. The van der Waals surface area contributed by atoms with Crippen molar-refractivity contribution in [2.24, 2.45) is 5.73 Å². The number of benzene rings is 1. The molecule has 0 aliphatic carbocycles. The largest absolute Gasteiger partial charge is 0.346 e. The summed E-state index contributed by atoms with van der Waals surface area (Å²) in [5.41, 5.74) is 6.29.